The normalized spacial score (nSPS) is 19.7. The monoisotopic (exact) mass is 516 g/mol. The van der Waals surface area contributed by atoms with E-state index in [1.807, 2.05) is 0 Å². The summed E-state index contributed by atoms with van der Waals surface area (Å²) >= 11 is 0. The van der Waals surface area contributed by atoms with Crippen molar-refractivity contribution >= 4 is 11.8 Å². The molecule has 2 aliphatic rings. The number of hydrogen-bond donors (Lipinski definition) is 2. The Morgan fingerprint density at radius 3 is 2.68 bits per heavy atom. The van der Waals surface area contributed by atoms with Gasteiger partial charge in [0.25, 0.3) is 11.8 Å². The van der Waals surface area contributed by atoms with Gasteiger partial charge in [-0.2, -0.15) is 0 Å². The van der Waals surface area contributed by atoms with Gasteiger partial charge in [-0.15, -0.1) is 0 Å². The third kappa shape index (κ3) is 5.84. The van der Waals surface area contributed by atoms with Gasteiger partial charge in [0, 0.05) is 55.3 Å². The molecule has 3 N–H and O–H groups in total. The van der Waals surface area contributed by atoms with Gasteiger partial charge >= 0.3 is 0 Å². The summed E-state index contributed by atoms with van der Waals surface area (Å²) in [7, 11) is 0. The van der Waals surface area contributed by atoms with E-state index in [0.29, 0.717) is 31.0 Å². The molecule has 0 spiro atoms. The summed E-state index contributed by atoms with van der Waals surface area (Å²) in [6, 6.07) is 2.96. The topological polar surface area (TPSA) is 111 Å². The van der Waals surface area contributed by atoms with Crippen molar-refractivity contribution in [1.82, 2.24) is 14.8 Å². The number of hydrogen-bond acceptors (Lipinski definition) is 4. The molecular weight excluding hydrogens is 482 g/mol. The molecular formula is C27H34F2N4O4. The number of pyridine rings is 1. The van der Waals surface area contributed by atoms with Crippen LogP contribution in [-0.4, -0.2) is 47.0 Å². The highest BCUT2D eigenvalue weighted by Gasteiger charge is 2.37. The molecule has 2 unspecified atom stereocenters. The van der Waals surface area contributed by atoms with Crippen LogP contribution in [0.3, 0.4) is 0 Å². The Bertz CT molecular complexity index is 1230. The molecule has 2 atom stereocenters. The highest BCUT2D eigenvalue weighted by molar-refractivity contribution is 5.99. The smallest absolute Gasteiger partial charge is 0.270 e. The maximum absolute atomic E-state index is 13.9. The zero-order valence-electron chi connectivity index (χ0n) is 21.3. The van der Waals surface area contributed by atoms with Crippen molar-refractivity contribution < 1.29 is 28.8 Å². The Balaban J connectivity index is 1.51. The predicted octanol–water partition coefficient (Wildman–Crippen LogP) is 1.36. The van der Waals surface area contributed by atoms with Crippen molar-refractivity contribution in [2.75, 3.05) is 19.6 Å². The quantitative estimate of drug-likeness (QED) is 0.552. The summed E-state index contributed by atoms with van der Waals surface area (Å²) in [5.74, 6) is -3.01. The minimum atomic E-state index is -1.07. The van der Waals surface area contributed by atoms with Crippen molar-refractivity contribution in [3.05, 3.63) is 63.1 Å². The first kappa shape index (κ1) is 26.8. The van der Waals surface area contributed by atoms with Gasteiger partial charge in [0.1, 0.15) is 22.9 Å². The molecule has 1 aromatic heterocycles. The van der Waals surface area contributed by atoms with E-state index in [9.17, 15) is 28.3 Å². The van der Waals surface area contributed by atoms with Gasteiger partial charge in [0.2, 0.25) is 0 Å². The van der Waals surface area contributed by atoms with Crippen LogP contribution in [0.1, 0.15) is 65.9 Å². The third-order valence-corrected chi connectivity index (χ3v) is 7.36. The lowest BCUT2D eigenvalue weighted by Crippen LogP contribution is -2.87. The molecule has 37 heavy (non-hydrogen) atoms. The standard InChI is InChI=1S/C27H34F2N4O4/c1-16(2)12-30-13-18-5-3-4-6-22(18)33-10-9-32-15-20(24(34)25(35)23(32)27(33)37)26(36)31-14-17-7-8-19(28)11-21(17)29/h7-8,11,15-16,18,22,30,35H,3-6,9-10,12-14H2,1-2H3,(H,31,36). The van der Waals surface area contributed by atoms with E-state index in [0.717, 1.165) is 44.8 Å². The van der Waals surface area contributed by atoms with E-state index in [2.05, 4.69) is 24.5 Å². The number of aromatic nitrogens is 1. The summed E-state index contributed by atoms with van der Waals surface area (Å²) in [6.07, 6.45) is 5.25. The Morgan fingerprint density at radius 2 is 1.95 bits per heavy atom. The van der Waals surface area contributed by atoms with Crippen LogP contribution in [0.2, 0.25) is 0 Å². The van der Waals surface area contributed by atoms with E-state index in [1.165, 1.54) is 16.8 Å². The van der Waals surface area contributed by atoms with Crippen LogP contribution in [0.25, 0.3) is 0 Å². The number of fused-ring (bicyclic) bond motifs is 1. The Labute approximate surface area is 214 Å². The average molecular weight is 517 g/mol. The van der Waals surface area contributed by atoms with Gasteiger partial charge < -0.3 is 25.2 Å². The Kier molecular flexibility index (Phi) is 8.26. The molecule has 0 saturated heterocycles. The van der Waals surface area contributed by atoms with Crippen molar-refractivity contribution in [1.29, 1.82) is 0 Å². The van der Waals surface area contributed by atoms with Crippen LogP contribution in [0, 0.1) is 23.5 Å². The zero-order valence-corrected chi connectivity index (χ0v) is 21.3. The summed E-state index contributed by atoms with van der Waals surface area (Å²) in [5, 5.41) is 17.7. The van der Waals surface area contributed by atoms with Gasteiger partial charge in [-0.1, -0.05) is 32.8 Å². The van der Waals surface area contributed by atoms with Crippen molar-refractivity contribution in [3.8, 4) is 5.75 Å². The van der Waals surface area contributed by atoms with Gasteiger partial charge in [0.15, 0.2) is 5.43 Å². The lowest BCUT2D eigenvalue weighted by Gasteiger charge is -2.42. The first-order valence-electron chi connectivity index (χ1n) is 13.0. The highest BCUT2D eigenvalue weighted by Crippen LogP contribution is 2.31. The number of nitrogens with two attached hydrogens (primary N) is 1. The maximum Gasteiger partial charge on any atom is 0.270 e. The molecule has 10 heteroatoms. The van der Waals surface area contributed by atoms with Crippen LogP contribution in [0.4, 0.5) is 8.78 Å². The minimum Gasteiger partial charge on any atom is -0.868 e. The fourth-order valence-corrected chi connectivity index (χ4v) is 5.42. The number of benzene rings is 1. The SMILES string of the molecule is CC(C)C[NH2+]CC1CCCCC1N1CCn2cc(C(=O)NCc3ccc(F)cc3F)c(=O)c([O-])c2C1=O. The molecule has 1 aliphatic carbocycles. The molecule has 2 heterocycles. The first-order valence-corrected chi connectivity index (χ1v) is 13.0. The molecule has 1 aliphatic heterocycles. The van der Waals surface area contributed by atoms with Crippen LogP contribution < -0.4 is 21.2 Å². The number of halogens is 2. The summed E-state index contributed by atoms with van der Waals surface area (Å²) in [5.41, 5.74) is -1.65. The predicted molar refractivity (Wildman–Crippen MR) is 131 cm³/mol. The molecule has 2 amide bonds. The van der Waals surface area contributed by atoms with Crippen molar-refractivity contribution in [3.63, 3.8) is 0 Å². The molecule has 0 radical (unpaired) electrons. The van der Waals surface area contributed by atoms with E-state index in [1.54, 1.807) is 4.90 Å². The van der Waals surface area contributed by atoms with Crippen molar-refractivity contribution in [2.45, 2.75) is 58.7 Å². The summed E-state index contributed by atoms with van der Waals surface area (Å²) in [4.78, 5) is 40.7. The molecule has 1 saturated carbocycles. The number of carbonyl (C=O) groups excluding carboxylic acids is 2. The second kappa shape index (κ2) is 11.4. The van der Waals surface area contributed by atoms with E-state index in [4.69, 9.17) is 0 Å². The second-order valence-corrected chi connectivity index (χ2v) is 10.4. The zero-order chi connectivity index (χ0) is 26.7. The molecule has 0 bridgehead atoms. The summed E-state index contributed by atoms with van der Waals surface area (Å²) in [6.45, 7) is 6.66. The molecule has 1 fully saturated rings. The van der Waals surface area contributed by atoms with Crippen LogP contribution >= 0.6 is 0 Å². The van der Waals surface area contributed by atoms with Crippen LogP contribution in [-0.2, 0) is 13.1 Å². The van der Waals surface area contributed by atoms with E-state index >= 15 is 0 Å². The molecule has 4 rings (SSSR count). The first-order chi connectivity index (χ1) is 17.7. The largest absolute Gasteiger partial charge is 0.868 e. The summed E-state index contributed by atoms with van der Waals surface area (Å²) < 4.78 is 28.4. The molecule has 1 aromatic carbocycles. The third-order valence-electron chi connectivity index (χ3n) is 7.36. The van der Waals surface area contributed by atoms with Gasteiger partial charge in [-0.25, -0.2) is 8.78 Å². The number of carbonyl (C=O) groups is 2. The van der Waals surface area contributed by atoms with E-state index < -0.39 is 40.2 Å². The van der Waals surface area contributed by atoms with E-state index in [-0.39, 0.29) is 23.8 Å². The second-order valence-electron chi connectivity index (χ2n) is 10.4. The van der Waals surface area contributed by atoms with Gasteiger partial charge in [-0.3, -0.25) is 14.4 Å². The number of nitrogens with zero attached hydrogens (tertiary/aromatic N) is 2. The number of quaternary nitrogens is 1. The number of rotatable bonds is 8. The minimum absolute atomic E-state index is 0.0153. The Morgan fingerprint density at radius 1 is 1.19 bits per heavy atom. The lowest BCUT2D eigenvalue weighted by atomic mass is 9.83. The maximum atomic E-state index is 13.9. The van der Waals surface area contributed by atoms with Crippen LogP contribution in [0.5, 0.6) is 5.75 Å². The fraction of sp³-hybridized carbons (Fsp3) is 0.519. The van der Waals surface area contributed by atoms with Gasteiger partial charge in [-0.05, 0) is 24.7 Å². The lowest BCUT2D eigenvalue weighted by molar-refractivity contribution is -0.666. The fourth-order valence-electron chi connectivity index (χ4n) is 5.42. The molecule has 8 nitrogen and oxygen atoms in total. The number of amides is 2. The molecule has 2 aromatic rings. The molecule has 200 valence electrons. The highest BCUT2D eigenvalue weighted by atomic mass is 19.1. The van der Waals surface area contributed by atoms with Gasteiger partial charge in [0.05, 0.1) is 13.1 Å². The van der Waals surface area contributed by atoms with Crippen molar-refractivity contribution in [2.24, 2.45) is 11.8 Å². The average Bonchev–Trinajstić information content (AvgIpc) is 2.86. The number of nitrogens with one attached hydrogen (secondary N) is 1. The Hall–Kier alpha value is -3.27. The van der Waals surface area contributed by atoms with Crippen LogP contribution in [0.15, 0.2) is 29.2 Å².